The number of nitrogens with zero attached hydrogens (tertiary/aromatic N) is 2. The van der Waals surface area contributed by atoms with Crippen LogP contribution in [0, 0.1) is 25.6 Å². The molecule has 0 unspecified atom stereocenters. The molecular formula is C21H22N2O8. The summed E-state index contributed by atoms with van der Waals surface area (Å²) in [7, 11) is 0. The Labute approximate surface area is 178 Å². The Morgan fingerprint density at radius 2 is 1.06 bits per heavy atom. The molecule has 0 saturated carbocycles. The highest BCUT2D eigenvalue weighted by atomic mass is 16.6. The lowest BCUT2D eigenvalue weighted by molar-refractivity contribution is -0.385. The molecule has 31 heavy (non-hydrogen) atoms. The molecule has 0 radical (unpaired) electrons. The molecule has 0 saturated heterocycles. The van der Waals surface area contributed by atoms with Gasteiger partial charge >= 0.3 is 11.9 Å². The largest absolute Gasteiger partial charge is 0.461 e. The minimum absolute atomic E-state index is 0.0106. The quantitative estimate of drug-likeness (QED) is 0.308. The lowest BCUT2D eigenvalue weighted by atomic mass is 9.84. The number of hydrogen-bond donors (Lipinski definition) is 0. The first-order valence-electron chi connectivity index (χ1n) is 9.54. The van der Waals surface area contributed by atoms with Crippen molar-refractivity contribution in [2.24, 2.45) is 5.41 Å². The maximum absolute atomic E-state index is 12.3. The number of esters is 2. The van der Waals surface area contributed by atoms with Gasteiger partial charge in [-0.3, -0.25) is 20.2 Å². The maximum atomic E-state index is 12.3. The van der Waals surface area contributed by atoms with E-state index in [0.717, 1.165) is 0 Å². The fourth-order valence-electron chi connectivity index (χ4n) is 2.74. The predicted molar refractivity (Wildman–Crippen MR) is 110 cm³/mol. The zero-order valence-corrected chi connectivity index (χ0v) is 17.1. The van der Waals surface area contributed by atoms with E-state index in [0.29, 0.717) is 12.8 Å². The summed E-state index contributed by atoms with van der Waals surface area (Å²) in [6.07, 6.45) is 1.12. The van der Waals surface area contributed by atoms with Crippen LogP contribution in [-0.2, 0) is 9.47 Å². The Balaban J connectivity index is 1.99. The maximum Gasteiger partial charge on any atom is 0.338 e. The van der Waals surface area contributed by atoms with Crippen LogP contribution < -0.4 is 0 Å². The minimum atomic E-state index is -0.636. The summed E-state index contributed by atoms with van der Waals surface area (Å²) in [5, 5.41) is 21.4. The molecule has 0 aliphatic carbocycles. The number of carbonyl (C=O) groups is 2. The van der Waals surface area contributed by atoms with Gasteiger partial charge in [0.15, 0.2) is 0 Å². The Hall–Kier alpha value is -3.82. The number of benzene rings is 2. The van der Waals surface area contributed by atoms with Crippen LogP contribution in [0.15, 0.2) is 48.5 Å². The molecular weight excluding hydrogens is 408 g/mol. The van der Waals surface area contributed by atoms with Gasteiger partial charge in [0.25, 0.3) is 11.4 Å². The molecule has 2 aromatic carbocycles. The topological polar surface area (TPSA) is 139 Å². The molecule has 0 bridgehead atoms. The van der Waals surface area contributed by atoms with E-state index in [-0.39, 0.29) is 35.7 Å². The van der Waals surface area contributed by atoms with Gasteiger partial charge in [0.1, 0.15) is 13.2 Å². The van der Waals surface area contributed by atoms with Crippen LogP contribution in [0.4, 0.5) is 11.4 Å². The molecule has 0 aliphatic rings. The molecule has 164 valence electrons. The van der Waals surface area contributed by atoms with Crippen LogP contribution in [0.1, 0.15) is 47.4 Å². The van der Waals surface area contributed by atoms with E-state index in [1.54, 1.807) is 0 Å². The van der Waals surface area contributed by atoms with Gasteiger partial charge < -0.3 is 9.47 Å². The third-order valence-electron chi connectivity index (χ3n) is 5.15. The zero-order chi connectivity index (χ0) is 23.0. The number of ether oxygens (including phenoxy) is 2. The lowest BCUT2D eigenvalue weighted by Gasteiger charge is -2.30. The lowest BCUT2D eigenvalue weighted by Crippen LogP contribution is -2.33. The zero-order valence-electron chi connectivity index (χ0n) is 17.1. The number of rotatable bonds is 10. The second-order valence-corrected chi connectivity index (χ2v) is 6.97. The summed E-state index contributed by atoms with van der Waals surface area (Å²) < 4.78 is 10.8. The number of non-ortho nitro benzene ring substituents is 2. The van der Waals surface area contributed by atoms with Gasteiger partial charge in [0.05, 0.1) is 21.0 Å². The smallest absolute Gasteiger partial charge is 0.338 e. The molecule has 0 amide bonds. The van der Waals surface area contributed by atoms with Gasteiger partial charge in [-0.2, -0.15) is 0 Å². The van der Waals surface area contributed by atoms with Crippen molar-refractivity contribution >= 4 is 23.3 Å². The highest BCUT2D eigenvalue weighted by Gasteiger charge is 2.31. The predicted octanol–water partition coefficient (Wildman–Crippen LogP) is 4.32. The highest BCUT2D eigenvalue weighted by molar-refractivity contribution is 5.90. The van der Waals surface area contributed by atoms with E-state index >= 15 is 0 Å². The van der Waals surface area contributed by atoms with E-state index in [4.69, 9.17) is 9.47 Å². The average Bonchev–Trinajstić information content (AvgIpc) is 2.79. The van der Waals surface area contributed by atoms with Gasteiger partial charge in [-0.15, -0.1) is 0 Å². The molecule has 0 aromatic heterocycles. The van der Waals surface area contributed by atoms with Crippen LogP contribution in [0.3, 0.4) is 0 Å². The summed E-state index contributed by atoms with van der Waals surface area (Å²) in [6, 6.07) is 10.1. The van der Waals surface area contributed by atoms with Gasteiger partial charge in [-0.25, -0.2) is 9.59 Å². The van der Waals surface area contributed by atoms with Gasteiger partial charge in [0.2, 0.25) is 0 Å². The SMILES string of the molecule is CCC(CC)(COC(=O)c1ccc([N+](=O)[O-])cc1)COC(=O)c1ccc([N+](=O)[O-])cc1. The normalized spacial score (nSPS) is 10.9. The number of nitro groups is 2. The first-order valence-corrected chi connectivity index (χ1v) is 9.54. The van der Waals surface area contributed by atoms with Crippen molar-refractivity contribution in [3.63, 3.8) is 0 Å². The molecule has 0 aliphatic heterocycles. The minimum Gasteiger partial charge on any atom is -0.461 e. The summed E-state index contributed by atoms with van der Waals surface area (Å²) in [5.41, 5.74) is -0.533. The van der Waals surface area contributed by atoms with Gasteiger partial charge in [-0.1, -0.05) is 13.8 Å². The Bertz CT molecular complexity index is 875. The summed E-state index contributed by atoms with van der Waals surface area (Å²) >= 11 is 0. The number of nitro benzene ring substituents is 2. The number of hydrogen-bond acceptors (Lipinski definition) is 8. The summed E-state index contributed by atoms with van der Waals surface area (Å²) in [6.45, 7) is 3.73. The van der Waals surface area contributed by atoms with E-state index in [1.807, 2.05) is 13.8 Å². The second-order valence-electron chi connectivity index (χ2n) is 6.97. The van der Waals surface area contributed by atoms with E-state index in [9.17, 15) is 29.8 Å². The van der Waals surface area contributed by atoms with Crippen molar-refractivity contribution < 1.29 is 28.9 Å². The third-order valence-corrected chi connectivity index (χ3v) is 5.15. The molecule has 0 N–H and O–H groups in total. The first-order chi connectivity index (χ1) is 14.7. The van der Waals surface area contributed by atoms with Crippen LogP contribution in [0.5, 0.6) is 0 Å². The highest BCUT2D eigenvalue weighted by Crippen LogP contribution is 2.28. The molecule has 0 spiro atoms. The van der Waals surface area contributed by atoms with Crippen molar-refractivity contribution in [3.05, 3.63) is 79.9 Å². The van der Waals surface area contributed by atoms with Crippen molar-refractivity contribution in [2.45, 2.75) is 26.7 Å². The molecule has 0 fully saturated rings. The van der Waals surface area contributed by atoms with Crippen molar-refractivity contribution in [3.8, 4) is 0 Å². The average molecular weight is 430 g/mol. The number of carbonyl (C=O) groups excluding carboxylic acids is 2. The van der Waals surface area contributed by atoms with E-state index in [1.165, 1.54) is 48.5 Å². The Morgan fingerprint density at radius 3 is 1.32 bits per heavy atom. The van der Waals surface area contributed by atoms with Crippen molar-refractivity contribution in [2.75, 3.05) is 13.2 Å². The van der Waals surface area contributed by atoms with Gasteiger partial charge in [-0.05, 0) is 37.1 Å². The fraction of sp³-hybridized carbons (Fsp3) is 0.333. The molecule has 0 atom stereocenters. The summed E-state index contributed by atoms with van der Waals surface area (Å²) in [4.78, 5) is 44.9. The van der Waals surface area contributed by atoms with E-state index < -0.39 is 27.2 Å². The monoisotopic (exact) mass is 430 g/mol. The standard InChI is InChI=1S/C21H22N2O8/c1-3-21(4-2,13-30-19(24)15-5-9-17(10-6-15)22(26)27)14-31-20(25)16-7-11-18(12-8-16)23(28)29/h5-12H,3-4,13-14H2,1-2H3. The first kappa shape index (κ1) is 23.5. The van der Waals surface area contributed by atoms with Crippen LogP contribution in [0.25, 0.3) is 0 Å². The second kappa shape index (κ2) is 10.3. The Kier molecular flexibility index (Phi) is 7.78. The molecule has 10 nitrogen and oxygen atoms in total. The van der Waals surface area contributed by atoms with Crippen molar-refractivity contribution in [1.29, 1.82) is 0 Å². The van der Waals surface area contributed by atoms with Gasteiger partial charge in [0, 0.05) is 29.7 Å². The molecule has 2 aromatic rings. The fourth-order valence-corrected chi connectivity index (χ4v) is 2.74. The van der Waals surface area contributed by atoms with Crippen molar-refractivity contribution in [1.82, 2.24) is 0 Å². The third kappa shape index (κ3) is 6.08. The van der Waals surface area contributed by atoms with E-state index in [2.05, 4.69) is 0 Å². The molecule has 0 heterocycles. The summed E-state index contributed by atoms with van der Waals surface area (Å²) in [5.74, 6) is -1.27. The molecule has 10 heteroatoms. The van der Waals surface area contributed by atoms with Crippen LogP contribution >= 0.6 is 0 Å². The molecule has 2 rings (SSSR count). The van der Waals surface area contributed by atoms with Crippen LogP contribution in [-0.4, -0.2) is 35.0 Å². The van der Waals surface area contributed by atoms with Crippen LogP contribution in [0.2, 0.25) is 0 Å². The Morgan fingerprint density at radius 1 is 0.742 bits per heavy atom.